The van der Waals surface area contributed by atoms with Crippen molar-refractivity contribution in [2.75, 3.05) is 7.11 Å². The van der Waals surface area contributed by atoms with Crippen LogP contribution in [0.15, 0.2) is 88.4 Å². The Morgan fingerprint density at radius 1 is 1.07 bits per heavy atom. The first kappa shape index (κ1) is 20.8. The van der Waals surface area contributed by atoms with Gasteiger partial charge in [0.05, 0.1) is 11.8 Å². The summed E-state index contributed by atoms with van der Waals surface area (Å²) in [4.78, 5) is 13.5. The van der Waals surface area contributed by atoms with Crippen molar-refractivity contribution >= 4 is 39.1 Å². The largest absolute Gasteiger partial charge is 0.367 e. The lowest BCUT2D eigenvalue weighted by atomic mass is 9.98. The zero-order valence-corrected chi connectivity index (χ0v) is 18.7. The van der Waals surface area contributed by atoms with E-state index in [0.29, 0.717) is 11.4 Å². The number of benzene rings is 3. The predicted molar refractivity (Wildman–Crippen MR) is 123 cm³/mol. The van der Waals surface area contributed by atoms with Gasteiger partial charge in [-0.1, -0.05) is 88.2 Å². The maximum absolute atomic E-state index is 13.5. The normalized spacial score (nSPS) is 17.0. The summed E-state index contributed by atoms with van der Waals surface area (Å²) >= 11 is 9.96. The number of halogens is 2. The van der Waals surface area contributed by atoms with Gasteiger partial charge in [-0.2, -0.15) is 5.10 Å². The number of amides is 1. The lowest BCUT2D eigenvalue weighted by Crippen LogP contribution is -2.32. The number of carbonyl (C=O) groups is 1. The van der Waals surface area contributed by atoms with Crippen LogP contribution < -0.4 is 0 Å². The number of rotatable bonds is 5. The van der Waals surface area contributed by atoms with E-state index in [1.165, 1.54) is 12.1 Å². The van der Waals surface area contributed by atoms with Gasteiger partial charge in [-0.05, 0) is 34.9 Å². The van der Waals surface area contributed by atoms with E-state index in [2.05, 4.69) is 15.9 Å². The molecule has 3 aromatic rings. The molecular formula is C24H20BrClN2O2. The molecule has 1 amide bonds. The van der Waals surface area contributed by atoms with Gasteiger partial charge >= 0.3 is 0 Å². The topological polar surface area (TPSA) is 41.9 Å². The number of carbonyl (C=O) groups excluding carboxylic acids is 1. The third-order valence-corrected chi connectivity index (χ3v) is 6.01. The van der Waals surface area contributed by atoms with Crippen molar-refractivity contribution in [3.8, 4) is 0 Å². The summed E-state index contributed by atoms with van der Waals surface area (Å²) in [5.74, 6) is -0.222. The van der Waals surface area contributed by atoms with Gasteiger partial charge in [-0.15, -0.1) is 0 Å². The van der Waals surface area contributed by atoms with E-state index >= 15 is 0 Å². The van der Waals surface area contributed by atoms with E-state index in [-0.39, 0.29) is 11.9 Å². The lowest BCUT2D eigenvalue weighted by Gasteiger charge is -2.26. The first-order chi connectivity index (χ1) is 14.6. The van der Waals surface area contributed by atoms with Gasteiger partial charge in [0.25, 0.3) is 5.91 Å². The highest BCUT2D eigenvalue weighted by Crippen LogP contribution is 2.38. The molecule has 2 atom stereocenters. The fourth-order valence-electron chi connectivity index (χ4n) is 3.65. The predicted octanol–water partition coefficient (Wildman–Crippen LogP) is 6.17. The minimum absolute atomic E-state index is 0.222. The van der Waals surface area contributed by atoms with Crippen LogP contribution in [0.4, 0.5) is 0 Å². The van der Waals surface area contributed by atoms with E-state index < -0.39 is 6.10 Å². The monoisotopic (exact) mass is 482 g/mol. The van der Waals surface area contributed by atoms with Gasteiger partial charge in [0.15, 0.2) is 6.10 Å². The van der Waals surface area contributed by atoms with Crippen LogP contribution in [0.1, 0.15) is 35.3 Å². The van der Waals surface area contributed by atoms with E-state index in [1.54, 1.807) is 0 Å². The SMILES string of the molecule is COC(C(=O)N1N=C(c2ccc(Br)cc2)CC1c1ccccc1Cl)c1ccccc1. The Balaban J connectivity index is 1.74. The van der Waals surface area contributed by atoms with Crippen molar-refractivity contribution in [3.63, 3.8) is 0 Å². The van der Waals surface area contributed by atoms with Crippen LogP contribution in [0.25, 0.3) is 0 Å². The summed E-state index contributed by atoms with van der Waals surface area (Å²) in [6.45, 7) is 0. The summed E-state index contributed by atoms with van der Waals surface area (Å²) in [7, 11) is 1.54. The molecule has 0 aromatic heterocycles. The summed E-state index contributed by atoms with van der Waals surface area (Å²) in [6, 6.07) is 24.6. The Morgan fingerprint density at radius 2 is 1.73 bits per heavy atom. The maximum atomic E-state index is 13.5. The Hall–Kier alpha value is -2.47. The molecular weight excluding hydrogens is 464 g/mol. The quantitative estimate of drug-likeness (QED) is 0.435. The molecule has 4 nitrogen and oxygen atoms in total. The number of nitrogens with zero attached hydrogens (tertiary/aromatic N) is 2. The molecule has 1 aliphatic rings. The molecule has 0 spiro atoms. The third kappa shape index (κ3) is 4.19. The van der Waals surface area contributed by atoms with Gasteiger partial charge in [-0.3, -0.25) is 4.79 Å². The van der Waals surface area contributed by atoms with Gasteiger partial charge in [0.1, 0.15) is 0 Å². The Labute approximate surface area is 189 Å². The van der Waals surface area contributed by atoms with Gasteiger partial charge in [-0.25, -0.2) is 5.01 Å². The molecule has 2 unspecified atom stereocenters. The molecule has 30 heavy (non-hydrogen) atoms. The van der Waals surface area contributed by atoms with Gasteiger partial charge in [0.2, 0.25) is 0 Å². The second-order valence-corrected chi connectivity index (χ2v) is 8.33. The summed E-state index contributed by atoms with van der Waals surface area (Å²) in [6.07, 6.45) is -0.174. The van der Waals surface area contributed by atoms with Crippen molar-refractivity contribution in [1.29, 1.82) is 0 Å². The van der Waals surface area contributed by atoms with Crippen molar-refractivity contribution in [3.05, 3.63) is 105 Å². The molecule has 0 saturated heterocycles. The first-order valence-corrected chi connectivity index (χ1v) is 10.7. The smallest absolute Gasteiger partial charge is 0.276 e. The van der Waals surface area contributed by atoms with Crippen LogP contribution in [0, 0.1) is 0 Å². The average Bonchev–Trinajstić information content (AvgIpc) is 3.21. The van der Waals surface area contributed by atoms with Crippen molar-refractivity contribution in [2.24, 2.45) is 5.10 Å². The molecule has 0 N–H and O–H groups in total. The van der Waals surface area contributed by atoms with E-state index in [1.807, 2.05) is 78.9 Å². The molecule has 152 valence electrons. The van der Waals surface area contributed by atoms with E-state index in [0.717, 1.165) is 26.9 Å². The van der Waals surface area contributed by atoms with Crippen LogP contribution in [0.2, 0.25) is 5.02 Å². The van der Waals surface area contributed by atoms with Crippen LogP contribution in [0.5, 0.6) is 0 Å². The first-order valence-electron chi connectivity index (χ1n) is 9.57. The fraction of sp³-hybridized carbons (Fsp3) is 0.167. The average molecular weight is 484 g/mol. The zero-order valence-electron chi connectivity index (χ0n) is 16.3. The van der Waals surface area contributed by atoms with Crippen LogP contribution >= 0.6 is 27.5 Å². The highest BCUT2D eigenvalue weighted by Gasteiger charge is 2.37. The number of hydrogen-bond acceptors (Lipinski definition) is 3. The summed E-state index contributed by atoms with van der Waals surface area (Å²) in [5, 5.41) is 6.87. The third-order valence-electron chi connectivity index (χ3n) is 5.14. The molecule has 0 radical (unpaired) electrons. The number of methoxy groups -OCH3 is 1. The Kier molecular flexibility index (Phi) is 6.32. The van der Waals surface area contributed by atoms with E-state index in [4.69, 9.17) is 21.4 Å². The van der Waals surface area contributed by atoms with E-state index in [9.17, 15) is 4.79 Å². The number of ether oxygens (including phenoxy) is 1. The van der Waals surface area contributed by atoms with Crippen LogP contribution in [-0.4, -0.2) is 23.7 Å². The van der Waals surface area contributed by atoms with Crippen molar-refractivity contribution in [2.45, 2.75) is 18.6 Å². The molecule has 4 rings (SSSR count). The summed E-state index contributed by atoms with van der Waals surface area (Å²) < 4.78 is 6.57. The second-order valence-electron chi connectivity index (χ2n) is 7.00. The number of hydrogen-bond donors (Lipinski definition) is 0. The Morgan fingerprint density at radius 3 is 2.40 bits per heavy atom. The van der Waals surface area contributed by atoms with Crippen LogP contribution in [0.3, 0.4) is 0 Å². The summed E-state index contributed by atoms with van der Waals surface area (Å²) in [5.41, 5.74) is 3.46. The number of hydrazone groups is 1. The fourth-order valence-corrected chi connectivity index (χ4v) is 4.17. The molecule has 1 aliphatic heterocycles. The highest BCUT2D eigenvalue weighted by molar-refractivity contribution is 9.10. The minimum Gasteiger partial charge on any atom is -0.367 e. The Bertz CT molecular complexity index is 1070. The van der Waals surface area contributed by atoms with Crippen molar-refractivity contribution in [1.82, 2.24) is 5.01 Å². The lowest BCUT2D eigenvalue weighted by molar-refractivity contribution is -0.144. The molecule has 6 heteroatoms. The standard InChI is InChI=1S/C24H20BrClN2O2/c1-30-23(17-7-3-2-4-8-17)24(29)28-22(19-9-5-6-10-20(19)26)15-21(27-28)16-11-13-18(25)14-12-16/h2-14,22-23H,15H2,1H3. The maximum Gasteiger partial charge on any atom is 0.276 e. The molecule has 0 aliphatic carbocycles. The van der Waals surface area contributed by atoms with Crippen LogP contribution in [-0.2, 0) is 9.53 Å². The molecule has 1 heterocycles. The van der Waals surface area contributed by atoms with Gasteiger partial charge < -0.3 is 4.74 Å². The second kappa shape index (κ2) is 9.13. The van der Waals surface area contributed by atoms with Crippen molar-refractivity contribution < 1.29 is 9.53 Å². The highest BCUT2D eigenvalue weighted by atomic mass is 79.9. The minimum atomic E-state index is -0.746. The van der Waals surface area contributed by atoms with Gasteiger partial charge in [0, 0.05) is 23.0 Å². The molecule has 0 saturated carbocycles. The molecule has 0 bridgehead atoms. The zero-order chi connectivity index (χ0) is 21.1. The molecule has 3 aromatic carbocycles. The molecule has 0 fully saturated rings.